The number of hydrogen-bond donors (Lipinski definition) is 1. The van der Waals surface area contributed by atoms with E-state index in [4.69, 9.17) is 9.15 Å². The SMILES string of the molecule is O=C(c1cccc(-c2cc3ccccc3oc2=O)c1)N1CCC2(CC1)CC(O)CO2. The smallest absolute Gasteiger partial charge is 0.344 e. The number of hydrogen-bond acceptors (Lipinski definition) is 5. The zero-order chi connectivity index (χ0) is 20.7. The van der Waals surface area contributed by atoms with Crippen LogP contribution in [0.4, 0.5) is 0 Å². The van der Waals surface area contributed by atoms with Gasteiger partial charge in [0.05, 0.1) is 23.9 Å². The summed E-state index contributed by atoms with van der Waals surface area (Å²) >= 11 is 0. The summed E-state index contributed by atoms with van der Waals surface area (Å²) in [5.41, 5.74) is 1.48. The first-order chi connectivity index (χ1) is 14.5. The number of piperidine rings is 1. The van der Waals surface area contributed by atoms with E-state index in [0.717, 1.165) is 18.2 Å². The van der Waals surface area contributed by atoms with Gasteiger partial charge in [0.2, 0.25) is 0 Å². The molecule has 2 aromatic carbocycles. The van der Waals surface area contributed by atoms with Crippen molar-refractivity contribution < 1.29 is 19.1 Å². The van der Waals surface area contributed by atoms with Crippen molar-refractivity contribution in [1.82, 2.24) is 4.90 Å². The number of para-hydroxylation sites is 1. The zero-order valence-electron chi connectivity index (χ0n) is 16.5. The minimum atomic E-state index is -0.421. The molecule has 2 aliphatic heterocycles. The number of benzene rings is 2. The van der Waals surface area contributed by atoms with Crippen molar-refractivity contribution in [2.75, 3.05) is 19.7 Å². The topological polar surface area (TPSA) is 80.0 Å². The van der Waals surface area contributed by atoms with Crippen LogP contribution in [0, 0.1) is 0 Å². The van der Waals surface area contributed by atoms with Crippen LogP contribution in [0.5, 0.6) is 0 Å². The number of rotatable bonds is 2. The maximum Gasteiger partial charge on any atom is 0.344 e. The lowest BCUT2D eigenvalue weighted by molar-refractivity contribution is -0.0397. The molecule has 1 atom stereocenters. The van der Waals surface area contributed by atoms with Crippen LogP contribution >= 0.6 is 0 Å². The van der Waals surface area contributed by atoms with E-state index in [1.165, 1.54) is 0 Å². The second kappa shape index (κ2) is 7.38. The Kier molecular flexibility index (Phi) is 4.68. The molecule has 3 heterocycles. The minimum Gasteiger partial charge on any atom is -0.422 e. The lowest BCUT2D eigenvalue weighted by Gasteiger charge is -2.38. The molecule has 1 aromatic heterocycles. The quantitative estimate of drug-likeness (QED) is 0.663. The largest absolute Gasteiger partial charge is 0.422 e. The van der Waals surface area contributed by atoms with Gasteiger partial charge in [-0.2, -0.15) is 0 Å². The molecule has 2 saturated heterocycles. The maximum absolute atomic E-state index is 13.1. The highest BCUT2D eigenvalue weighted by Crippen LogP contribution is 2.36. The van der Waals surface area contributed by atoms with Crippen molar-refractivity contribution in [2.24, 2.45) is 0 Å². The first-order valence-corrected chi connectivity index (χ1v) is 10.3. The van der Waals surface area contributed by atoms with Gasteiger partial charge in [-0.05, 0) is 42.7 Å². The molecule has 1 unspecified atom stereocenters. The van der Waals surface area contributed by atoms with Gasteiger partial charge in [0.15, 0.2) is 0 Å². The van der Waals surface area contributed by atoms with Gasteiger partial charge in [0.1, 0.15) is 5.58 Å². The zero-order valence-corrected chi connectivity index (χ0v) is 16.5. The van der Waals surface area contributed by atoms with E-state index in [-0.39, 0.29) is 11.5 Å². The van der Waals surface area contributed by atoms with Gasteiger partial charge in [0.25, 0.3) is 5.91 Å². The second-order valence-corrected chi connectivity index (χ2v) is 8.21. The highest BCUT2D eigenvalue weighted by atomic mass is 16.5. The Balaban J connectivity index is 1.38. The van der Waals surface area contributed by atoms with Gasteiger partial charge in [-0.3, -0.25) is 4.79 Å². The average Bonchev–Trinajstić information content (AvgIpc) is 3.13. The predicted octanol–water partition coefficient (Wildman–Crippen LogP) is 3.22. The van der Waals surface area contributed by atoms with Crippen LogP contribution in [0.3, 0.4) is 0 Å². The van der Waals surface area contributed by atoms with Crippen molar-refractivity contribution in [2.45, 2.75) is 31.0 Å². The van der Waals surface area contributed by atoms with E-state index in [1.54, 1.807) is 30.3 Å². The van der Waals surface area contributed by atoms with E-state index in [9.17, 15) is 14.7 Å². The molecule has 0 radical (unpaired) electrons. The number of fused-ring (bicyclic) bond motifs is 1. The number of ether oxygens (including phenoxy) is 1. The first kappa shape index (κ1) is 19.0. The molecule has 2 fully saturated rings. The summed E-state index contributed by atoms with van der Waals surface area (Å²) in [5, 5.41) is 10.6. The highest BCUT2D eigenvalue weighted by Gasteiger charge is 2.42. The lowest BCUT2D eigenvalue weighted by Crippen LogP contribution is -2.46. The molecule has 1 amide bonds. The lowest BCUT2D eigenvalue weighted by atomic mass is 9.87. The van der Waals surface area contributed by atoms with E-state index in [2.05, 4.69) is 0 Å². The van der Waals surface area contributed by atoms with E-state index < -0.39 is 11.7 Å². The van der Waals surface area contributed by atoms with E-state index in [1.807, 2.05) is 29.2 Å². The fraction of sp³-hybridized carbons (Fsp3) is 0.333. The average molecular weight is 405 g/mol. The van der Waals surface area contributed by atoms with E-state index >= 15 is 0 Å². The van der Waals surface area contributed by atoms with Crippen LogP contribution in [0.2, 0.25) is 0 Å². The van der Waals surface area contributed by atoms with Crippen LogP contribution in [0.1, 0.15) is 29.6 Å². The minimum absolute atomic E-state index is 0.0598. The maximum atomic E-state index is 13.1. The Hall–Kier alpha value is -2.96. The molecule has 3 aromatic rings. The Bertz CT molecular complexity index is 1160. The van der Waals surface area contributed by atoms with Gasteiger partial charge >= 0.3 is 5.63 Å². The normalized spacial score (nSPS) is 20.7. The number of nitrogens with zero attached hydrogens (tertiary/aromatic N) is 1. The van der Waals surface area contributed by atoms with Crippen molar-refractivity contribution in [1.29, 1.82) is 0 Å². The van der Waals surface area contributed by atoms with Crippen molar-refractivity contribution in [3.63, 3.8) is 0 Å². The van der Waals surface area contributed by atoms with Crippen LogP contribution in [0.25, 0.3) is 22.1 Å². The Morgan fingerprint density at radius 1 is 1.07 bits per heavy atom. The molecule has 30 heavy (non-hydrogen) atoms. The van der Waals surface area contributed by atoms with Gasteiger partial charge in [0, 0.05) is 30.5 Å². The molecule has 6 nitrogen and oxygen atoms in total. The molecule has 0 saturated carbocycles. The number of aliphatic hydroxyl groups excluding tert-OH is 1. The number of aliphatic hydroxyl groups is 1. The fourth-order valence-corrected chi connectivity index (χ4v) is 4.55. The van der Waals surface area contributed by atoms with E-state index in [0.29, 0.717) is 48.4 Å². The molecule has 1 spiro atoms. The molecule has 0 bridgehead atoms. The summed E-state index contributed by atoms with van der Waals surface area (Å²) in [5.74, 6) is -0.0598. The molecular weight excluding hydrogens is 382 g/mol. The third-order valence-electron chi connectivity index (χ3n) is 6.21. The molecule has 2 aliphatic rings. The number of likely N-dealkylation sites (tertiary alicyclic amines) is 1. The highest BCUT2D eigenvalue weighted by molar-refractivity contribution is 5.95. The van der Waals surface area contributed by atoms with Crippen LogP contribution in [-0.2, 0) is 4.74 Å². The summed E-state index contributed by atoms with van der Waals surface area (Å²) < 4.78 is 11.3. The third kappa shape index (κ3) is 3.42. The number of carbonyl (C=O) groups excluding carboxylic acids is 1. The Morgan fingerprint density at radius 2 is 1.87 bits per heavy atom. The first-order valence-electron chi connectivity index (χ1n) is 10.3. The van der Waals surface area contributed by atoms with Crippen molar-refractivity contribution >= 4 is 16.9 Å². The summed E-state index contributed by atoms with van der Waals surface area (Å²) in [6.45, 7) is 1.56. The third-order valence-corrected chi connectivity index (χ3v) is 6.21. The summed E-state index contributed by atoms with van der Waals surface area (Å²) in [7, 11) is 0. The monoisotopic (exact) mass is 405 g/mol. The number of amides is 1. The Morgan fingerprint density at radius 3 is 2.63 bits per heavy atom. The number of carbonyl (C=O) groups is 1. The summed E-state index contributed by atoms with van der Waals surface area (Å²) in [4.78, 5) is 27.4. The van der Waals surface area contributed by atoms with Crippen LogP contribution in [-0.4, -0.2) is 47.3 Å². The van der Waals surface area contributed by atoms with Gasteiger partial charge in [-0.25, -0.2) is 4.79 Å². The van der Waals surface area contributed by atoms with Crippen LogP contribution in [0.15, 0.2) is 63.8 Å². The van der Waals surface area contributed by atoms with Gasteiger partial charge in [-0.15, -0.1) is 0 Å². The predicted molar refractivity (Wildman–Crippen MR) is 112 cm³/mol. The molecule has 154 valence electrons. The van der Waals surface area contributed by atoms with Gasteiger partial charge < -0.3 is 19.2 Å². The van der Waals surface area contributed by atoms with Crippen molar-refractivity contribution in [3.05, 3.63) is 70.6 Å². The second-order valence-electron chi connectivity index (χ2n) is 8.21. The molecule has 0 aliphatic carbocycles. The molecule has 1 N–H and O–H groups in total. The summed E-state index contributed by atoms with van der Waals surface area (Å²) in [6.07, 6.45) is 1.69. The Labute approximate surface area is 173 Å². The molecule has 6 heteroatoms. The molecule has 5 rings (SSSR count). The molecular formula is C24H23NO5. The standard InChI is InChI=1S/C24H23NO5/c26-19-14-24(29-15-19)8-10-25(11-9-24)22(27)18-6-3-5-16(12-18)20-13-17-4-1-2-7-21(17)30-23(20)28/h1-7,12-13,19,26H,8-11,14-15H2. The summed E-state index contributed by atoms with van der Waals surface area (Å²) in [6, 6.07) is 16.3. The van der Waals surface area contributed by atoms with Gasteiger partial charge in [-0.1, -0.05) is 30.3 Å². The van der Waals surface area contributed by atoms with Crippen LogP contribution < -0.4 is 5.63 Å². The van der Waals surface area contributed by atoms with Crippen molar-refractivity contribution in [3.8, 4) is 11.1 Å². The fourth-order valence-electron chi connectivity index (χ4n) is 4.55.